The van der Waals surface area contributed by atoms with Crippen molar-refractivity contribution in [3.05, 3.63) is 83.7 Å². The molecule has 0 aliphatic carbocycles. The number of nitrogens with one attached hydrogen (secondary N) is 1. The van der Waals surface area contributed by atoms with Crippen molar-refractivity contribution in [2.24, 2.45) is 0 Å². The Balaban J connectivity index is 1.96. The van der Waals surface area contributed by atoms with Gasteiger partial charge < -0.3 is 0 Å². The van der Waals surface area contributed by atoms with Gasteiger partial charge in [-0.2, -0.15) is 13.2 Å². The molecule has 0 bridgehead atoms. The minimum Gasteiger partial charge on any atom is -0.264 e. The van der Waals surface area contributed by atoms with Crippen LogP contribution in [0.4, 0.5) is 13.2 Å². The van der Waals surface area contributed by atoms with Crippen LogP contribution in [0.5, 0.6) is 0 Å². The molecule has 1 N–H and O–H groups in total. The standard InChI is InChI=1S/C23H23F3N2O2S/c1-4-16-15-27-12-11-21(16)17-7-5-8-18(13-17)22(2,3)28-31(29,30)20-10-6-9-19(14-20)23(24,25)26/h5-15,28H,4H2,1-3H3. The zero-order chi connectivity index (χ0) is 22.9. The van der Waals surface area contributed by atoms with Gasteiger partial charge in [0.15, 0.2) is 0 Å². The SMILES string of the molecule is CCc1cnccc1-c1cccc(C(C)(C)NS(=O)(=O)c2cccc(C(F)(F)F)c2)c1. The van der Waals surface area contributed by atoms with Crippen LogP contribution in [0.1, 0.15) is 37.5 Å². The number of benzene rings is 2. The van der Waals surface area contributed by atoms with E-state index in [1.165, 1.54) is 0 Å². The van der Waals surface area contributed by atoms with E-state index in [2.05, 4.69) is 9.71 Å². The van der Waals surface area contributed by atoms with E-state index in [9.17, 15) is 21.6 Å². The van der Waals surface area contributed by atoms with E-state index in [0.29, 0.717) is 11.6 Å². The van der Waals surface area contributed by atoms with Crippen molar-refractivity contribution in [2.45, 2.75) is 43.8 Å². The fourth-order valence-electron chi connectivity index (χ4n) is 3.36. The van der Waals surface area contributed by atoms with Crippen LogP contribution in [0.25, 0.3) is 11.1 Å². The smallest absolute Gasteiger partial charge is 0.264 e. The molecule has 0 aliphatic heterocycles. The first-order valence-corrected chi connectivity index (χ1v) is 11.2. The van der Waals surface area contributed by atoms with Crippen molar-refractivity contribution in [3.63, 3.8) is 0 Å². The second kappa shape index (κ2) is 8.43. The van der Waals surface area contributed by atoms with E-state index in [4.69, 9.17) is 0 Å². The Morgan fingerprint density at radius 3 is 2.32 bits per heavy atom. The highest BCUT2D eigenvalue weighted by atomic mass is 32.2. The Bertz CT molecular complexity index is 1190. The summed E-state index contributed by atoms with van der Waals surface area (Å²) in [5, 5.41) is 0. The van der Waals surface area contributed by atoms with Gasteiger partial charge in [0.05, 0.1) is 16.0 Å². The predicted octanol–water partition coefficient (Wildman–Crippen LogP) is 5.54. The molecule has 0 fully saturated rings. The second-order valence-corrected chi connectivity index (χ2v) is 9.41. The summed E-state index contributed by atoms with van der Waals surface area (Å²) >= 11 is 0. The van der Waals surface area contributed by atoms with Crippen LogP contribution in [0, 0.1) is 0 Å². The fourth-order valence-corrected chi connectivity index (χ4v) is 4.81. The largest absolute Gasteiger partial charge is 0.416 e. The number of nitrogens with zero attached hydrogens (tertiary/aromatic N) is 1. The minimum absolute atomic E-state index is 0.436. The van der Waals surface area contributed by atoms with Gasteiger partial charge in [0, 0.05) is 12.4 Å². The zero-order valence-corrected chi connectivity index (χ0v) is 18.2. The minimum atomic E-state index is -4.63. The molecule has 1 aromatic heterocycles. The lowest BCUT2D eigenvalue weighted by Gasteiger charge is -2.27. The lowest BCUT2D eigenvalue weighted by Crippen LogP contribution is -2.41. The first-order valence-electron chi connectivity index (χ1n) is 9.69. The maximum atomic E-state index is 13.0. The average Bonchev–Trinajstić information content (AvgIpc) is 2.72. The number of hydrogen-bond acceptors (Lipinski definition) is 3. The van der Waals surface area contributed by atoms with Crippen molar-refractivity contribution in [3.8, 4) is 11.1 Å². The lowest BCUT2D eigenvalue weighted by atomic mass is 9.91. The van der Waals surface area contributed by atoms with Crippen molar-refractivity contribution in [1.29, 1.82) is 0 Å². The molecule has 0 saturated heterocycles. The third-order valence-electron chi connectivity index (χ3n) is 5.04. The Kier molecular flexibility index (Phi) is 6.25. The van der Waals surface area contributed by atoms with Crippen LogP contribution in [0.2, 0.25) is 0 Å². The number of hydrogen-bond donors (Lipinski definition) is 1. The summed E-state index contributed by atoms with van der Waals surface area (Å²) < 4.78 is 67.3. The van der Waals surface area contributed by atoms with E-state index in [0.717, 1.165) is 41.3 Å². The molecule has 0 spiro atoms. The van der Waals surface area contributed by atoms with E-state index >= 15 is 0 Å². The number of sulfonamides is 1. The molecule has 0 unspecified atom stereocenters. The summed E-state index contributed by atoms with van der Waals surface area (Å²) in [5.41, 5.74) is 1.56. The van der Waals surface area contributed by atoms with E-state index in [-0.39, 0.29) is 0 Å². The Morgan fingerprint density at radius 1 is 0.968 bits per heavy atom. The summed E-state index contributed by atoms with van der Waals surface area (Å²) in [6.45, 7) is 5.37. The topological polar surface area (TPSA) is 59.1 Å². The molecule has 0 aliphatic rings. The molecule has 31 heavy (non-hydrogen) atoms. The van der Waals surface area contributed by atoms with Gasteiger partial charge in [-0.15, -0.1) is 0 Å². The molecule has 2 aromatic carbocycles. The molecule has 8 heteroatoms. The molecule has 1 heterocycles. The third kappa shape index (κ3) is 5.14. The summed E-state index contributed by atoms with van der Waals surface area (Å²) in [6, 6.07) is 13.0. The van der Waals surface area contributed by atoms with Gasteiger partial charge in [0.1, 0.15) is 0 Å². The number of halogens is 3. The summed E-state index contributed by atoms with van der Waals surface area (Å²) in [7, 11) is -4.20. The van der Waals surface area contributed by atoms with Crippen molar-refractivity contribution in [2.75, 3.05) is 0 Å². The van der Waals surface area contributed by atoms with Gasteiger partial charge in [0.25, 0.3) is 0 Å². The van der Waals surface area contributed by atoms with Gasteiger partial charge in [-0.05, 0) is 72.9 Å². The van der Waals surface area contributed by atoms with E-state index in [1.54, 1.807) is 32.3 Å². The second-order valence-electron chi connectivity index (χ2n) is 7.72. The molecule has 3 aromatic rings. The van der Waals surface area contributed by atoms with Gasteiger partial charge in [0.2, 0.25) is 10.0 Å². The highest BCUT2D eigenvalue weighted by Crippen LogP contribution is 2.32. The number of rotatable bonds is 6. The lowest BCUT2D eigenvalue weighted by molar-refractivity contribution is -0.137. The molecular formula is C23H23F3N2O2S. The van der Waals surface area contributed by atoms with Crippen LogP contribution < -0.4 is 4.72 Å². The van der Waals surface area contributed by atoms with Crippen LogP contribution in [0.15, 0.2) is 71.9 Å². The Morgan fingerprint density at radius 2 is 1.65 bits per heavy atom. The maximum absolute atomic E-state index is 13.0. The van der Waals surface area contributed by atoms with E-state index in [1.807, 2.05) is 31.2 Å². The number of aromatic nitrogens is 1. The van der Waals surface area contributed by atoms with Crippen molar-refractivity contribution < 1.29 is 21.6 Å². The maximum Gasteiger partial charge on any atom is 0.416 e. The van der Waals surface area contributed by atoms with Crippen LogP contribution in [-0.2, 0) is 28.2 Å². The summed E-state index contributed by atoms with van der Waals surface area (Å²) in [5.74, 6) is 0. The molecular weight excluding hydrogens is 425 g/mol. The van der Waals surface area contributed by atoms with Gasteiger partial charge in [-0.25, -0.2) is 13.1 Å². The number of aryl methyl sites for hydroxylation is 1. The average molecular weight is 449 g/mol. The molecule has 164 valence electrons. The third-order valence-corrected chi connectivity index (χ3v) is 6.69. The van der Waals surface area contributed by atoms with Crippen LogP contribution in [-0.4, -0.2) is 13.4 Å². The zero-order valence-electron chi connectivity index (χ0n) is 17.4. The predicted molar refractivity (Wildman–Crippen MR) is 114 cm³/mol. The molecule has 3 rings (SSSR count). The highest BCUT2D eigenvalue weighted by Gasteiger charge is 2.33. The molecule has 4 nitrogen and oxygen atoms in total. The normalized spacial score (nSPS) is 12.7. The van der Waals surface area contributed by atoms with Gasteiger partial charge in [-0.3, -0.25) is 4.98 Å². The molecule has 0 atom stereocenters. The first-order chi connectivity index (χ1) is 14.4. The molecule has 0 amide bonds. The summed E-state index contributed by atoms with van der Waals surface area (Å²) in [4.78, 5) is 3.71. The van der Waals surface area contributed by atoms with Crippen molar-refractivity contribution in [1.82, 2.24) is 9.71 Å². The van der Waals surface area contributed by atoms with Crippen LogP contribution in [0.3, 0.4) is 0 Å². The fraction of sp³-hybridized carbons (Fsp3) is 0.261. The molecule has 0 radical (unpaired) electrons. The van der Waals surface area contributed by atoms with Crippen molar-refractivity contribution >= 4 is 10.0 Å². The summed E-state index contributed by atoms with van der Waals surface area (Å²) in [6.07, 6.45) is -0.345. The number of pyridine rings is 1. The monoisotopic (exact) mass is 448 g/mol. The molecule has 0 saturated carbocycles. The van der Waals surface area contributed by atoms with E-state index < -0.39 is 32.2 Å². The number of alkyl halides is 3. The highest BCUT2D eigenvalue weighted by molar-refractivity contribution is 7.89. The first kappa shape index (κ1) is 23.0. The Hall–Kier alpha value is -2.71. The Labute approximate surface area is 180 Å². The quantitative estimate of drug-likeness (QED) is 0.538. The van der Waals surface area contributed by atoms with Gasteiger partial charge in [-0.1, -0.05) is 31.2 Å². The van der Waals surface area contributed by atoms with Crippen LogP contribution >= 0.6 is 0 Å². The van der Waals surface area contributed by atoms with Gasteiger partial charge >= 0.3 is 6.18 Å².